The van der Waals surface area contributed by atoms with Crippen molar-refractivity contribution in [1.29, 1.82) is 0 Å². The molecule has 7 heteroatoms. The van der Waals surface area contributed by atoms with Crippen molar-refractivity contribution in [3.05, 3.63) is 102 Å². The molecule has 0 aliphatic rings. The van der Waals surface area contributed by atoms with E-state index >= 15 is 8.78 Å². The van der Waals surface area contributed by atoms with Gasteiger partial charge >= 0.3 is 0 Å². The first-order valence-electron chi connectivity index (χ1n) is 14.7. The summed E-state index contributed by atoms with van der Waals surface area (Å²) < 4.78 is 45.4. The fraction of sp³-hybridized carbons (Fsp3) is 0.222. The first-order valence-corrected chi connectivity index (χ1v) is 16.3. The maximum atomic E-state index is 15.6. The van der Waals surface area contributed by atoms with Crippen molar-refractivity contribution in [2.24, 2.45) is 0 Å². The number of thiophene rings is 1. The van der Waals surface area contributed by atoms with E-state index < -0.39 is 0 Å². The zero-order valence-electron chi connectivity index (χ0n) is 24.2. The van der Waals surface area contributed by atoms with E-state index in [1.165, 1.54) is 23.0 Å². The SMILES string of the molecule is CCCCOc1ccc(-c2ccc(-c3ccc(-c4ccc(-c5ccc(CCCC)cc5)cc4F)c4nsnc34)s2)c(F)c1. The molecular formula is C36H32F2N2OS2. The molecule has 2 aromatic heterocycles. The van der Waals surface area contributed by atoms with Crippen molar-refractivity contribution >= 4 is 34.1 Å². The van der Waals surface area contributed by atoms with Crippen LogP contribution in [0.4, 0.5) is 8.78 Å². The van der Waals surface area contributed by atoms with Crippen molar-refractivity contribution < 1.29 is 13.5 Å². The van der Waals surface area contributed by atoms with Gasteiger partial charge in [-0.1, -0.05) is 75.2 Å². The molecule has 0 aliphatic heterocycles. The van der Waals surface area contributed by atoms with E-state index in [0.717, 1.165) is 70.3 Å². The molecule has 0 saturated carbocycles. The normalized spacial score (nSPS) is 11.3. The molecule has 0 aliphatic carbocycles. The van der Waals surface area contributed by atoms with Crippen molar-refractivity contribution in [2.75, 3.05) is 6.61 Å². The molecule has 0 saturated heterocycles. The van der Waals surface area contributed by atoms with Crippen LogP contribution in [0, 0.1) is 11.6 Å². The van der Waals surface area contributed by atoms with Crippen LogP contribution in [0.15, 0.2) is 84.9 Å². The lowest BCUT2D eigenvalue weighted by molar-refractivity contribution is 0.308. The van der Waals surface area contributed by atoms with Crippen LogP contribution in [-0.2, 0) is 6.42 Å². The van der Waals surface area contributed by atoms with E-state index in [9.17, 15) is 0 Å². The standard InChI is InChI=1S/C36H32F2N2OS2/c1-3-5-7-23-8-10-24(11-9-23)25-12-14-27(31(37)21-25)28-16-17-30(36-35(28)39-43-40-36)34-19-18-33(42-34)29-15-13-26(22-32(29)38)41-20-6-4-2/h8-19,21-22H,3-7,20H2,1-2H3. The number of hydrogen-bond donors (Lipinski definition) is 0. The second-order valence-corrected chi connectivity index (χ2v) is 12.2. The monoisotopic (exact) mass is 610 g/mol. The van der Waals surface area contributed by atoms with Crippen LogP contribution in [0.1, 0.15) is 45.1 Å². The topological polar surface area (TPSA) is 35.0 Å². The smallest absolute Gasteiger partial charge is 0.135 e. The summed E-state index contributed by atoms with van der Waals surface area (Å²) in [6.07, 6.45) is 5.34. The number of rotatable bonds is 11. The largest absolute Gasteiger partial charge is 0.493 e. The van der Waals surface area contributed by atoms with Gasteiger partial charge in [-0.3, -0.25) is 0 Å². The minimum Gasteiger partial charge on any atom is -0.493 e. The number of aromatic nitrogens is 2. The Morgan fingerprint density at radius 3 is 1.98 bits per heavy atom. The summed E-state index contributed by atoms with van der Waals surface area (Å²) >= 11 is 2.60. The molecule has 6 aromatic rings. The first-order chi connectivity index (χ1) is 21.1. The highest BCUT2D eigenvalue weighted by Gasteiger charge is 2.18. The number of hydrogen-bond acceptors (Lipinski definition) is 5. The quantitative estimate of drug-likeness (QED) is 0.137. The van der Waals surface area contributed by atoms with Gasteiger partial charge in [-0.15, -0.1) is 11.3 Å². The summed E-state index contributed by atoms with van der Waals surface area (Å²) in [6, 6.07) is 26.5. The molecule has 218 valence electrons. The Hall–Kier alpha value is -3.94. The van der Waals surface area contributed by atoms with Crippen LogP contribution in [-0.4, -0.2) is 15.4 Å². The van der Waals surface area contributed by atoms with E-state index in [1.54, 1.807) is 12.1 Å². The van der Waals surface area contributed by atoms with Crippen LogP contribution in [0.5, 0.6) is 5.75 Å². The molecule has 0 unspecified atom stereocenters. The number of nitrogens with zero attached hydrogens (tertiary/aromatic N) is 2. The number of unbranched alkanes of at least 4 members (excludes halogenated alkanes) is 2. The van der Waals surface area contributed by atoms with Gasteiger partial charge in [0.05, 0.1) is 18.3 Å². The van der Waals surface area contributed by atoms with Crippen molar-refractivity contribution in [3.8, 4) is 48.9 Å². The van der Waals surface area contributed by atoms with Gasteiger partial charge in [0.2, 0.25) is 0 Å². The van der Waals surface area contributed by atoms with E-state index in [2.05, 4.69) is 46.9 Å². The van der Waals surface area contributed by atoms with E-state index in [4.69, 9.17) is 4.74 Å². The first kappa shape index (κ1) is 29.1. The summed E-state index contributed by atoms with van der Waals surface area (Å²) in [5, 5.41) is 0. The van der Waals surface area contributed by atoms with Gasteiger partial charge in [0.15, 0.2) is 0 Å². The molecule has 43 heavy (non-hydrogen) atoms. The molecule has 4 aromatic carbocycles. The maximum absolute atomic E-state index is 15.6. The lowest BCUT2D eigenvalue weighted by Gasteiger charge is -2.10. The molecule has 0 amide bonds. The number of benzene rings is 4. The molecule has 6 rings (SSSR count). The fourth-order valence-corrected chi connectivity index (χ4v) is 6.82. The summed E-state index contributed by atoms with van der Waals surface area (Å²) in [6.45, 7) is 4.86. The highest BCUT2D eigenvalue weighted by Crippen LogP contribution is 2.41. The highest BCUT2D eigenvalue weighted by molar-refractivity contribution is 7.19. The van der Waals surface area contributed by atoms with Crippen LogP contribution < -0.4 is 4.74 Å². The molecular weight excluding hydrogens is 579 g/mol. The molecule has 0 radical (unpaired) electrons. The summed E-state index contributed by atoms with van der Waals surface area (Å²) in [5.41, 5.74) is 7.11. The lowest BCUT2D eigenvalue weighted by Crippen LogP contribution is -1.97. The molecule has 0 spiro atoms. The molecule has 0 bridgehead atoms. The van der Waals surface area contributed by atoms with Gasteiger partial charge in [0.25, 0.3) is 0 Å². The molecule has 3 nitrogen and oxygen atoms in total. The van der Waals surface area contributed by atoms with Gasteiger partial charge in [-0.2, -0.15) is 8.75 Å². The van der Waals surface area contributed by atoms with E-state index in [1.807, 2.05) is 42.5 Å². The Balaban J connectivity index is 1.27. The third kappa shape index (κ3) is 6.24. The van der Waals surface area contributed by atoms with E-state index in [0.29, 0.717) is 40.1 Å². The summed E-state index contributed by atoms with van der Waals surface area (Å²) in [4.78, 5) is 1.76. The Morgan fingerprint density at radius 1 is 0.628 bits per heavy atom. The van der Waals surface area contributed by atoms with Gasteiger partial charge in [0.1, 0.15) is 28.4 Å². The molecule has 2 heterocycles. The Morgan fingerprint density at radius 2 is 1.26 bits per heavy atom. The van der Waals surface area contributed by atoms with Crippen molar-refractivity contribution in [1.82, 2.24) is 8.75 Å². The van der Waals surface area contributed by atoms with Gasteiger partial charge < -0.3 is 4.74 Å². The second kappa shape index (κ2) is 13.1. The minimum atomic E-state index is -0.315. The maximum Gasteiger partial charge on any atom is 0.135 e. The van der Waals surface area contributed by atoms with Crippen molar-refractivity contribution in [2.45, 2.75) is 46.0 Å². The Bertz CT molecular complexity index is 1860. The minimum absolute atomic E-state index is 0.300. The van der Waals surface area contributed by atoms with Crippen LogP contribution in [0.25, 0.3) is 54.2 Å². The molecule has 0 N–H and O–H groups in total. The number of aryl methyl sites for hydroxylation is 1. The van der Waals surface area contributed by atoms with Crippen LogP contribution >= 0.6 is 23.1 Å². The second-order valence-electron chi connectivity index (χ2n) is 10.6. The van der Waals surface area contributed by atoms with Crippen molar-refractivity contribution in [3.63, 3.8) is 0 Å². The summed E-state index contributed by atoms with van der Waals surface area (Å²) in [5.74, 6) is -0.0758. The number of fused-ring (bicyclic) bond motifs is 1. The van der Waals surface area contributed by atoms with Crippen LogP contribution in [0.2, 0.25) is 0 Å². The highest BCUT2D eigenvalue weighted by atomic mass is 32.1. The van der Waals surface area contributed by atoms with Gasteiger partial charge in [-0.05, 0) is 66.3 Å². The average Bonchev–Trinajstić information content (AvgIpc) is 3.71. The predicted octanol–water partition coefficient (Wildman–Crippen LogP) is 11.2. The zero-order valence-corrected chi connectivity index (χ0v) is 25.8. The van der Waals surface area contributed by atoms with Crippen LogP contribution in [0.3, 0.4) is 0 Å². The third-order valence-electron chi connectivity index (χ3n) is 7.63. The zero-order chi connectivity index (χ0) is 29.8. The number of halogens is 2. The van der Waals surface area contributed by atoms with E-state index in [-0.39, 0.29) is 11.6 Å². The fourth-order valence-electron chi connectivity index (χ4n) is 5.19. The average molecular weight is 611 g/mol. The van der Waals surface area contributed by atoms with Gasteiger partial charge in [0, 0.05) is 38.1 Å². The lowest BCUT2D eigenvalue weighted by atomic mass is 9.96. The molecule has 0 atom stereocenters. The summed E-state index contributed by atoms with van der Waals surface area (Å²) in [7, 11) is 0. The van der Waals surface area contributed by atoms with Gasteiger partial charge in [-0.25, -0.2) is 8.78 Å². The molecule has 0 fully saturated rings. The Labute approximate surface area is 259 Å². The third-order valence-corrected chi connectivity index (χ3v) is 9.31. The predicted molar refractivity (Wildman–Crippen MR) is 176 cm³/mol. The number of ether oxygens (including phenoxy) is 1. The Kier molecular flexibility index (Phi) is 8.91.